The Labute approximate surface area is 151 Å². The summed E-state index contributed by atoms with van der Waals surface area (Å²) in [5.41, 5.74) is 20.2. The summed E-state index contributed by atoms with van der Waals surface area (Å²) in [5.74, 6) is 1.51. The molecule has 0 spiro atoms. The topological polar surface area (TPSA) is 141 Å². The standard InChI is InChI=1S/C18H22N8/c19-13(12-4-2-1-3-5-12)6-7-22-15-8-17(24-9-14(15)20)26-18-11-23-16(21)10-25-18/h1-5,8-11,13H,6-7,19-20H2,(H2,21,23)(H2,22,24,25,26). The van der Waals surface area contributed by atoms with Crippen LogP contribution in [0.1, 0.15) is 18.0 Å². The van der Waals surface area contributed by atoms with Gasteiger partial charge in [-0.05, 0) is 12.0 Å². The van der Waals surface area contributed by atoms with Crippen molar-refractivity contribution in [2.45, 2.75) is 12.5 Å². The summed E-state index contributed by atoms with van der Waals surface area (Å²) < 4.78 is 0. The maximum Gasteiger partial charge on any atom is 0.150 e. The number of nitrogens with two attached hydrogens (primary N) is 3. The molecular formula is C18H22N8. The van der Waals surface area contributed by atoms with E-state index in [0.29, 0.717) is 29.7 Å². The van der Waals surface area contributed by atoms with E-state index in [1.54, 1.807) is 12.4 Å². The average molecular weight is 350 g/mol. The molecule has 2 aromatic heterocycles. The first-order chi connectivity index (χ1) is 12.6. The van der Waals surface area contributed by atoms with Gasteiger partial charge in [-0.2, -0.15) is 0 Å². The Morgan fingerprint density at radius 1 is 0.923 bits per heavy atom. The van der Waals surface area contributed by atoms with Gasteiger partial charge in [0.05, 0.1) is 30.0 Å². The lowest BCUT2D eigenvalue weighted by Crippen LogP contribution is -2.15. The van der Waals surface area contributed by atoms with Gasteiger partial charge in [-0.3, -0.25) is 0 Å². The van der Waals surface area contributed by atoms with E-state index in [1.165, 1.54) is 6.20 Å². The fourth-order valence-corrected chi connectivity index (χ4v) is 2.45. The zero-order chi connectivity index (χ0) is 18.4. The zero-order valence-corrected chi connectivity index (χ0v) is 14.3. The van der Waals surface area contributed by atoms with Crippen molar-refractivity contribution in [3.8, 4) is 0 Å². The quantitative estimate of drug-likeness (QED) is 0.437. The van der Waals surface area contributed by atoms with E-state index in [1.807, 2.05) is 36.4 Å². The molecule has 134 valence electrons. The molecule has 0 aliphatic heterocycles. The van der Waals surface area contributed by atoms with Gasteiger partial charge >= 0.3 is 0 Å². The summed E-state index contributed by atoms with van der Waals surface area (Å²) >= 11 is 0. The van der Waals surface area contributed by atoms with Gasteiger partial charge in [0.25, 0.3) is 0 Å². The van der Waals surface area contributed by atoms with E-state index in [0.717, 1.165) is 17.7 Å². The van der Waals surface area contributed by atoms with E-state index < -0.39 is 0 Å². The fraction of sp³-hybridized carbons (Fsp3) is 0.167. The number of benzene rings is 1. The number of rotatable bonds is 7. The van der Waals surface area contributed by atoms with Crippen molar-refractivity contribution in [1.29, 1.82) is 0 Å². The van der Waals surface area contributed by atoms with Crippen LogP contribution in [-0.4, -0.2) is 21.5 Å². The summed E-state index contributed by atoms with van der Waals surface area (Å²) in [7, 11) is 0. The van der Waals surface area contributed by atoms with Gasteiger partial charge in [0.15, 0.2) is 0 Å². The highest BCUT2D eigenvalue weighted by Gasteiger charge is 2.07. The van der Waals surface area contributed by atoms with Crippen molar-refractivity contribution in [2.75, 3.05) is 28.6 Å². The minimum absolute atomic E-state index is 0.0330. The van der Waals surface area contributed by atoms with Crippen LogP contribution in [0.15, 0.2) is 55.0 Å². The Bertz CT molecular complexity index is 836. The second kappa shape index (κ2) is 8.13. The van der Waals surface area contributed by atoms with Gasteiger partial charge in [0.1, 0.15) is 17.5 Å². The third kappa shape index (κ3) is 4.58. The lowest BCUT2D eigenvalue weighted by atomic mass is 10.1. The van der Waals surface area contributed by atoms with Crippen molar-refractivity contribution in [3.05, 3.63) is 60.6 Å². The van der Waals surface area contributed by atoms with E-state index in [4.69, 9.17) is 17.2 Å². The first kappa shape index (κ1) is 17.4. The SMILES string of the molecule is Nc1cnc(Nc2cc(NCCC(N)c3ccccc3)c(N)cn2)cn1. The molecule has 2 heterocycles. The number of hydrogen-bond donors (Lipinski definition) is 5. The van der Waals surface area contributed by atoms with Crippen LogP contribution in [-0.2, 0) is 0 Å². The molecule has 0 fully saturated rings. The van der Waals surface area contributed by atoms with E-state index in [-0.39, 0.29) is 6.04 Å². The van der Waals surface area contributed by atoms with Crippen LogP contribution in [0.5, 0.6) is 0 Å². The number of nitrogen functional groups attached to an aromatic ring is 2. The molecule has 8 heteroatoms. The smallest absolute Gasteiger partial charge is 0.150 e. The van der Waals surface area contributed by atoms with Gasteiger partial charge in [-0.15, -0.1) is 0 Å². The molecule has 0 saturated heterocycles. The van der Waals surface area contributed by atoms with Crippen molar-refractivity contribution >= 4 is 28.8 Å². The van der Waals surface area contributed by atoms with Crippen molar-refractivity contribution in [2.24, 2.45) is 5.73 Å². The predicted octanol–water partition coefficient (Wildman–Crippen LogP) is 2.28. The molecule has 3 rings (SSSR count). The third-order valence-corrected chi connectivity index (χ3v) is 3.86. The monoisotopic (exact) mass is 350 g/mol. The van der Waals surface area contributed by atoms with Crippen LogP contribution in [0.2, 0.25) is 0 Å². The highest BCUT2D eigenvalue weighted by atomic mass is 15.1. The fourth-order valence-electron chi connectivity index (χ4n) is 2.45. The van der Waals surface area contributed by atoms with Crippen LogP contribution in [0.3, 0.4) is 0 Å². The minimum atomic E-state index is -0.0330. The lowest BCUT2D eigenvalue weighted by Gasteiger charge is -2.15. The van der Waals surface area contributed by atoms with Crippen molar-refractivity contribution in [3.63, 3.8) is 0 Å². The zero-order valence-electron chi connectivity index (χ0n) is 14.3. The van der Waals surface area contributed by atoms with E-state index in [9.17, 15) is 0 Å². The molecule has 26 heavy (non-hydrogen) atoms. The molecule has 1 unspecified atom stereocenters. The first-order valence-electron chi connectivity index (χ1n) is 8.26. The lowest BCUT2D eigenvalue weighted by molar-refractivity contribution is 0.675. The van der Waals surface area contributed by atoms with Gasteiger partial charge in [0.2, 0.25) is 0 Å². The van der Waals surface area contributed by atoms with Crippen LogP contribution < -0.4 is 27.8 Å². The summed E-state index contributed by atoms with van der Waals surface area (Å²) in [6.07, 6.45) is 5.38. The van der Waals surface area contributed by atoms with E-state index >= 15 is 0 Å². The summed E-state index contributed by atoms with van der Waals surface area (Å²) in [4.78, 5) is 12.4. The molecule has 0 radical (unpaired) electrons. The van der Waals surface area contributed by atoms with E-state index in [2.05, 4.69) is 25.6 Å². The second-order valence-electron chi connectivity index (χ2n) is 5.84. The van der Waals surface area contributed by atoms with Gasteiger partial charge in [-0.25, -0.2) is 15.0 Å². The van der Waals surface area contributed by atoms with Gasteiger partial charge in [-0.1, -0.05) is 30.3 Å². The largest absolute Gasteiger partial charge is 0.396 e. The minimum Gasteiger partial charge on any atom is -0.396 e. The maximum absolute atomic E-state index is 6.22. The summed E-state index contributed by atoms with van der Waals surface area (Å²) in [6, 6.07) is 11.8. The van der Waals surface area contributed by atoms with Crippen LogP contribution in [0.25, 0.3) is 0 Å². The molecule has 3 aromatic rings. The Balaban J connectivity index is 1.60. The average Bonchev–Trinajstić information content (AvgIpc) is 2.66. The number of pyridine rings is 1. The van der Waals surface area contributed by atoms with Gasteiger partial charge in [0, 0.05) is 18.7 Å². The summed E-state index contributed by atoms with van der Waals surface area (Å²) in [6.45, 7) is 0.686. The molecule has 0 amide bonds. The van der Waals surface area contributed by atoms with Crippen LogP contribution in [0, 0.1) is 0 Å². The van der Waals surface area contributed by atoms with Crippen LogP contribution in [0.4, 0.5) is 28.8 Å². The highest BCUT2D eigenvalue weighted by Crippen LogP contribution is 2.23. The normalized spacial score (nSPS) is 11.7. The number of nitrogens with one attached hydrogen (secondary N) is 2. The number of anilines is 5. The molecule has 1 aromatic carbocycles. The number of nitrogens with zero attached hydrogens (tertiary/aromatic N) is 3. The Kier molecular flexibility index (Phi) is 5.45. The number of aromatic nitrogens is 3. The molecule has 0 aliphatic carbocycles. The molecule has 0 bridgehead atoms. The molecular weight excluding hydrogens is 328 g/mol. The Morgan fingerprint density at radius 2 is 1.69 bits per heavy atom. The Hall–Kier alpha value is -3.39. The maximum atomic E-state index is 6.22. The third-order valence-electron chi connectivity index (χ3n) is 3.86. The molecule has 8 N–H and O–H groups in total. The second-order valence-corrected chi connectivity index (χ2v) is 5.84. The van der Waals surface area contributed by atoms with Crippen molar-refractivity contribution < 1.29 is 0 Å². The van der Waals surface area contributed by atoms with Crippen molar-refractivity contribution in [1.82, 2.24) is 15.0 Å². The molecule has 0 saturated carbocycles. The Morgan fingerprint density at radius 3 is 2.42 bits per heavy atom. The van der Waals surface area contributed by atoms with Gasteiger partial charge < -0.3 is 27.8 Å². The first-order valence-corrected chi connectivity index (χ1v) is 8.26. The summed E-state index contributed by atoms with van der Waals surface area (Å²) in [5, 5.41) is 6.37. The predicted molar refractivity (Wildman–Crippen MR) is 105 cm³/mol. The molecule has 0 aliphatic rings. The molecule has 8 nitrogen and oxygen atoms in total. The molecule has 1 atom stereocenters. The van der Waals surface area contributed by atoms with Crippen LogP contribution >= 0.6 is 0 Å². The number of hydrogen-bond acceptors (Lipinski definition) is 8. The highest BCUT2D eigenvalue weighted by molar-refractivity contribution is 5.70.